The molecule has 0 N–H and O–H groups in total. The molecular weight excluding hydrogens is 326 g/mol. The molecule has 8 nitrogen and oxygen atoms in total. The number of pyridine rings is 1. The lowest BCUT2D eigenvalue weighted by Crippen LogP contribution is -2.19. The maximum atomic E-state index is 12.9. The number of ether oxygens (including phenoxy) is 4. The monoisotopic (exact) mass is 343 g/mol. The second-order valence-electron chi connectivity index (χ2n) is 5.02. The van der Waals surface area contributed by atoms with E-state index in [2.05, 4.69) is 9.97 Å². The van der Waals surface area contributed by atoms with Gasteiger partial charge in [0, 0.05) is 6.07 Å². The zero-order valence-electron chi connectivity index (χ0n) is 14.3. The Morgan fingerprint density at radius 2 is 1.68 bits per heavy atom. The van der Waals surface area contributed by atoms with Crippen molar-refractivity contribution in [3.63, 3.8) is 0 Å². The molecule has 3 aromatic rings. The van der Waals surface area contributed by atoms with Crippen molar-refractivity contribution in [2.45, 2.75) is 0 Å². The first-order chi connectivity index (χ1) is 12.1. The van der Waals surface area contributed by atoms with Gasteiger partial charge in [-0.25, -0.2) is 9.97 Å². The topological polar surface area (TPSA) is 84.7 Å². The van der Waals surface area contributed by atoms with E-state index in [4.69, 9.17) is 18.9 Å². The molecule has 0 aliphatic heterocycles. The fourth-order valence-corrected chi connectivity index (χ4v) is 2.55. The molecule has 2 heterocycles. The largest absolute Gasteiger partial charge is 0.493 e. The van der Waals surface area contributed by atoms with Crippen LogP contribution < -0.4 is 24.5 Å². The van der Waals surface area contributed by atoms with Crippen molar-refractivity contribution in [3.8, 4) is 28.8 Å². The number of nitrogens with zero attached hydrogens (tertiary/aromatic N) is 3. The van der Waals surface area contributed by atoms with Crippen LogP contribution in [-0.2, 0) is 0 Å². The highest BCUT2D eigenvalue weighted by Crippen LogP contribution is 2.41. The average molecular weight is 343 g/mol. The lowest BCUT2D eigenvalue weighted by molar-refractivity contribution is 0.326. The molecule has 0 aliphatic rings. The molecule has 1 aromatic carbocycles. The molecule has 0 atom stereocenters. The van der Waals surface area contributed by atoms with Crippen LogP contribution in [0, 0.1) is 0 Å². The molecule has 3 rings (SSSR count). The molecule has 0 aliphatic carbocycles. The van der Waals surface area contributed by atoms with Crippen LogP contribution in [0.3, 0.4) is 0 Å². The Labute approximate surface area is 143 Å². The zero-order chi connectivity index (χ0) is 18.0. The van der Waals surface area contributed by atoms with E-state index in [-0.39, 0.29) is 5.56 Å². The summed E-state index contributed by atoms with van der Waals surface area (Å²) >= 11 is 0. The van der Waals surface area contributed by atoms with Gasteiger partial charge in [-0.1, -0.05) is 0 Å². The molecule has 0 fully saturated rings. The van der Waals surface area contributed by atoms with Crippen LogP contribution in [0.1, 0.15) is 0 Å². The van der Waals surface area contributed by atoms with Crippen LogP contribution in [0.5, 0.6) is 23.1 Å². The molecule has 2 aromatic heterocycles. The minimum Gasteiger partial charge on any atom is -0.493 e. The highest BCUT2D eigenvalue weighted by Gasteiger charge is 2.19. The van der Waals surface area contributed by atoms with Gasteiger partial charge in [0.25, 0.3) is 5.56 Å². The summed E-state index contributed by atoms with van der Waals surface area (Å²) in [4.78, 5) is 21.4. The maximum absolute atomic E-state index is 12.9. The quantitative estimate of drug-likeness (QED) is 0.698. The predicted octanol–water partition coefficient (Wildman–Crippen LogP) is 1.82. The number of rotatable bonds is 5. The van der Waals surface area contributed by atoms with Crippen LogP contribution >= 0.6 is 0 Å². The van der Waals surface area contributed by atoms with Crippen molar-refractivity contribution in [1.82, 2.24) is 14.5 Å². The summed E-state index contributed by atoms with van der Waals surface area (Å²) in [6, 6.07) is 4.97. The molecule has 0 spiro atoms. The standard InChI is InChI=1S/C17H17N3O5/c1-22-12-7-11-14(16(25-4)15(12)24-3)19-9-20(17(11)21)10-5-6-13(23-2)18-8-10/h5-9H,1-4H3. The van der Waals surface area contributed by atoms with Crippen molar-refractivity contribution in [2.24, 2.45) is 0 Å². The summed E-state index contributed by atoms with van der Waals surface area (Å²) in [6.45, 7) is 0. The minimum atomic E-state index is -0.281. The van der Waals surface area contributed by atoms with Crippen molar-refractivity contribution >= 4 is 10.9 Å². The summed E-state index contributed by atoms with van der Waals surface area (Å²) in [7, 11) is 6.00. The Morgan fingerprint density at radius 1 is 0.920 bits per heavy atom. The third-order valence-electron chi connectivity index (χ3n) is 3.76. The molecule has 25 heavy (non-hydrogen) atoms. The highest BCUT2D eigenvalue weighted by molar-refractivity contribution is 5.89. The van der Waals surface area contributed by atoms with Crippen molar-refractivity contribution in [2.75, 3.05) is 28.4 Å². The Bertz CT molecular complexity index is 967. The normalized spacial score (nSPS) is 10.6. The van der Waals surface area contributed by atoms with Gasteiger partial charge in [-0.15, -0.1) is 0 Å². The van der Waals surface area contributed by atoms with Crippen molar-refractivity contribution in [1.29, 1.82) is 0 Å². The first kappa shape index (κ1) is 16.6. The highest BCUT2D eigenvalue weighted by atomic mass is 16.5. The number of hydrogen-bond acceptors (Lipinski definition) is 7. The number of hydrogen-bond donors (Lipinski definition) is 0. The van der Waals surface area contributed by atoms with E-state index in [9.17, 15) is 4.79 Å². The van der Waals surface area contributed by atoms with E-state index in [0.29, 0.717) is 39.7 Å². The predicted molar refractivity (Wildman–Crippen MR) is 91.3 cm³/mol. The second-order valence-corrected chi connectivity index (χ2v) is 5.02. The molecule has 0 bridgehead atoms. The third-order valence-corrected chi connectivity index (χ3v) is 3.76. The summed E-state index contributed by atoms with van der Waals surface area (Å²) in [5.41, 5.74) is 0.674. The van der Waals surface area contributed by atoms with E-state index in [1.165, 1.54) is 45.5 Å². The Kier molecular flexibility index (Phi) is 4.42. The second kappa shape index (κ2) is 6.68. The maximum Gasteiger partial charge on any atom is 0.266 e. The fraction of sp³-hybridized carbons (Fsp3) is 0.235. The van der Waals surface area contributed by atoms with Gasteiger partial charge in [0.2, 0.25) is 11.6 Å². The Balaban J connectivity index is 2.27. The van der Waals surface area contributed by atoms with E-state index < -0.39 is 0 Å². The first-order valence-corrected chi connectivity index (χ1v) is 7.35. The van der Waals surface area contributed by atoms with E-state index in [1.807, 2.05) is 0 Å². The van der Waals surface area contributed by atoms with Gasteiger partial charge in [0.15, 0.2) is 11.5 Å². The summed E-state index contributed by atoms with van der Waals surface area (Å²) in [5, 5.41) is 0.341. The Hall–Kier alpha value is -3.29. The smallest absolute Gasteiger partial charge is 0.266 e. The fourth-order valence-electron chi connectivity index (χ4n) is 2.55. The van der Waals surface area contributed by atoms with E-state index in [1.54, 1.807) is 18.2 Å². The number of aromatic nitrogens is 3. The van der Waals surface area contributed by atoms with Gasteiger partial charge >= 0.3 is 0 Å². The first-order valence-electron chi connectivity index (χ1n) is 7.35. The van der Waals surface area contributed by atoms with Crippen LogP contribution in [0.2, 0.25) is 0 Å². The lowest BCUT2D eigenvalue weighted by Gasteiger charge is -2.14. The van der Waals surface area contributed by atoms with Crippen LogP contribution in [-0.4, -0.2) is 43.0 Å². The lowest BCUT2D eigenvalue weighted by atomic mass is 10.2. The van der Waals surface area contributed by atoms with Gasteiger partial charge in [0.05, 0.1) is 45.7 Å². The van der Waals surface area contributed by atoms with Gasteiger partial charge < -0.3 is 18.9 Å². The third kappa shape index (κ3) is 2.71. The molecule has 8 heteroatoms. The summed E-state index contributed by atoms with van der Waals surface area (Å²) < 4.78 is 22.4. The molecule has 0 amide bonds. The molecule has 130 valence electrons. The van der Waals surface area contributed by atoms with Crippen molar-refractivity contribution < 1.29 is 18.9 Å². The molecule has 0 saturated heterocycles. The summed E-state index contributed by atoms with van der Waals surface area (Å²) in [6.07, 6.45) is 2.95. The average Bonchev–Trinajstić information content (AvgIpc) is 2.67. The zero-order valence-corrected chi connectivity index (χ0v) is 14.3. The summed E-state index contributed by atoms with van der Waals surface area (Å²) in [5.74, 6) is 1.57. The van der Waals surface area contributed by atoms with Gasteiger partial charge in [-0.05, 0) is 12.1 Å². The molecule has 0 radical (unpaired) electrons. The SMILES string of the molecule is COc1ccc(-n2cnc3c(OC)c(OC)c(OC)cc3c2=O)cn1. The van der Waals surface area contributed by atoms with E-state index in [0.717, 1.165) is 0 Å². The van der Waals surface area contributed by atoms with Gasteiger partial charge in [-0.3, -0.25) is 9.36 Å². The molecule has 0 unspecified atom stereocenters. The van der Waals surface area contributed by atoms with Gasteiger partial charge in [-0.2, -0.15) is 0 Å². The van der Waals surface area contributed by atoms with Crippen LogP contribution in [0.4, 0.5) is 0 Å². The van der Waals surface area contributed by atoms with Crippen LogP contribution in [0.15, 0.2) is 35.5 Å². The van der Waals surface area contributed by atoms with Crippen LogP contribution in [0.25, 0.3) is 16.6 Å². The van der Waals surface area contributed by atoms with Gasteiger partial charge in [0.1, 0.15) is 11.8 Å². The number of fused-ring (bicyclic) bond motifs is 1. The minimum absolute atomic E-state index is 0.281. The number of benzene rings is 1. The van der Waals surface area contributed by atoms with E-state index >= 15 is 0 Å². The Morgan fingerprint density at radius 3 is 2.24 bits per heavy atom. The number of methoxy groups -OCH3 is 4. The van der Waals surface area contributed by atoms with Crippen molar-refractivity contribution in [3.05, 3.63) is 41.1 Å². The molecular formula is C17H17N3O5. The molecule has 0 saturated carbocycles.